The summed E-state index contributed by atoms with van der Waals surface area (Å²) in [4.78, 5) is 25.5. The van der Waals surface area contributed by atoms with Gasteiger partial charge in [-0.3, -0.25) is 9.59 Å². The van der Waals surface area contributed by atoms with Crippen molar-refractivity contribution in [1.82, 2.24) is 4.90 Å². The Hall–Kier alpha value is -1.88. The van der Waals surface area contributed by atoms with Gasteiger partial charge < -0.3 is 15.4 Å². The maximum atomic E-state index is 12.5. The lowest BCUT2D eigenvalue weighted by Gasteiger charge is -2.24. The average molecular weight is 292 g/mol. The van der Waals surface area contributed by atoms with Gasteiger partial charge in [-0.2, -0.15) is 0 Å². The van der Waals surface area contributed by atoms with Gasteiger partial charge in [-0.25, -0.2) is 0 Å². The van der Waals surface area contributed by atoms with Gasteiger partial charge in [0.05, 0.1) is 13.5 Å². The fourth-order valence-electron chi connectivity index (χ4n) is 2.01. The first-order chi connectivity index (χ1) is 9.97. The largest absolute Gasteiger partial charge is 0.469 e. The van der Waals surface area contributed by atoms with Gasteiger partial charge in [0, 0.05) is 25.2 Å². The van der Waals surface area contributed by atoms with Crippen LogP contribution in [0.5, 0.6) is 0 Å². The summed E-state index contributed by atoms with van der Waals surface area (Å²) in [6.45, 7) is 5.50. The molecule has 0 aliphatic rings. The van der Waals surface area contributed by atoms with Crippen LogP contribution in [0.3, 0.4) is 0 Å². The van der Waals surface area contributed by atoms with Gasteiger partial charge in [0.1, 0.15) is 0 Å². The Kier molecular flexibility index (Phi) is 6.88. The van der Waals surface area contributed by atoms with Gasteiger partial charge in [0.2, 0.25) is 0 Å². The summed E-state index contributed by atoms with van der Waals surface area (Å²) in [5, 5.41) is 0. The molecule has 5 nitrogen and oxygen atoms in total. The highest BCUT2D eigenvalue weighted by molar-refractivity contribution is 5.94. The first-order valence-corrected chi connectivity index (χ1v) is 7.13. The molecule has 1 aromatic carbocycles. The van der Waals surface area contributed by atoms with Gasteiger partial charge in [0.15, 0.2) is 0 Å². The van der Waals surface area contributed by atoms with E-state index in [1.54, 1.807) is 17.0 Å². The van der Waals surface area contributed by atoms with Crippen LogP contribution in [0.4, 0.5) is 0 Å². The fourth-order valence-corrected chi connectivity index (χ4v) is 2.01. The molecule has 0 atom stereocenters. The highest BCUT2D eigenvalue weighted by atomic mass is 16.5. The molecular weight excluding hydrogens is 268 g/mol. The van der Waals surface area contributed by atoms with Crippen molar-refractivity contribution in [2.24, 2.45) is 11.7 Å². The van der Waals surface area contributed by atoms with E-state index in [0.29, 0.717) is 31.1 Å². The summed E-state index contributed by atoms with van der Waals surface area (Å²) in [5.41, 5.74) is 7.14. The normalized spacial score (nSPS) is 10.5. The van der Waals surface area contributed by atoms with Crippen LogP contribution >= 0.6 is 0 Å². The number of hydrogen-bond donors (Lipinski definition) is 1. The summed E-state index contributed by atoms with van der Waals surface area (Å²) < 4.78 is 4.63. The monoisotopic (exact) mass is 292 g/mol. The first-order valence-electron chi connectivity index (χ1n) is 7.13. The molecule has 0 spiro atoms. The molecule has 0 aromatic heterocycles. The number of nitrogens with zero attached hydrogens (tertiary/aromatic N) is 1. The molecular formula is C16H24N2O3. The second kappa shape index (κ2) is 8.42. The van der Waals surface area contributed by atoms with Crippen molar-refractivity contribution in [3.05, 3.63) is 35.4 Å². The number of ether oxygens (including phenoxy) is 1. The van der Waals surface area contributed by atoms with Crippen molar-refractivity contribution >= 4 is 11.9 Å². The van der Waals surface area contributed by atoms with Crippen LogP contribution in [0.25, 0.3) is 0 Å². The Morgan fingerprint density at radius 2 is 1.86 bits per heavy atom. The lowest BCUT2D eigenvalue weighted by Crippen LogP contribution is -2.36. The molecule has 1 rings (SSSR count). The topological polar surface area (TPSA) is 72.6 Å². The maximum Gasteiger partial charge on any atom is 0.307 e. The lowest BCUT2D eigenvalue weighted by atomic mass is 10.1. The predicted molar refractivity (Wildman–Crippen MR) is 81.7 cm³/mol. The number of esters is 1. The number of hydrogen-bond acceptors (Lipinski definition) is 4. The van der Waals surface area contributed by atoms with Crippen LogP contribution in [0.2, 0.25) is 0 Å². The third-order valence-electron chi connectivity index (χ3n) is 3.12. The number of amides is 1. The molecule has 0 aliphatic heterocycles. The molecule has 5 heteroatoms. The average Bonchev–Trinajstić information content (AvgIpc) is 2.50. The van der Waals surface area contributed by atoms with Crippen LogP contribution in [0.1, 0.15) is 36.2 Å². The Morgan fingerprint density at radius 3 is 2.33 bits per heavy atom. The van der Waals surface area contributed by atoms with Gasteiger partial charge in [0.25, 0.3) is 5.91 Å². The van der Waals surface area contributed by atoms with Crippen molar-refractivity contribution < 1.29 is 14.3 Å². The van der Waals surface area contributed by atoms with Crippen LogP contribution in [-0.2, 0) is 16.1 Å². The second-order valence-corrected chi connectivity index (χ2v) is 5.37. The Balaban J connectivity index is 2.79. The summed E-state index contributed by atoms with van der Waals surface area (Å²) >= 11 is 0. The molecule has 116 valence electrons. The van der Waals surface area contributed by atoms with Gasteiger partial charge in [-0.05, 0) is 23.6 Å². The number of benzene rings is 1. The number of methoxy groups -OCH3 is 1. The van der Waals surface area contributed by atoms with Crippen LogP contribution in [0, 0.1) is 5.92 Å². The fraction of sp³-hybridized carbons (Fsp3) is 0.500. The minimum Gasteiger partial charge on any atom is -0.469 e. The molecule has 1 aromatic rings. The quantitative estimate of drug-likeness (QED) is 0.778. The van der Waals surface area contributed by atoms with Crippen LogP contribution < -0.4 is 5.73 Å². The third kappa shape index (κ3) is 5.55. The molecule has 2 N–H and O–H groups in total. The van der Waals surface area contributed by atoms with E-state index in [2.05, 4.69) is 4.74 Å². The predicted octanol–water partition coefficient (Wildman–Crippen LogP) is 1.81. The molecule has 0 heterocycles. The van der Waals surface area contributed by atoms with Crippen molar-refractivity contribution in [3.8, 4) is 0 Å². The molecule has 0 unspecified atom stereocenters. The highest BCUT2D eigenvalue weighted by Gasteiger charge is 2.18. The molecule has 0 aliphatic carbocycles. The van der Waals surface area contributed by atoms with E-state index in [0.717, 1.165) is 5.56 Å². The zero-order valence-corrected chi connectivity index (χ0v) is 13.0. The minimum atomic E-state index is -0.310. The molecule has 0 fully saturated rings. The Bertz CT molecular complexity index is 469. The van der Waals surface area contributed by atoms with E-state index in [-0.39, 0.29) is 18.3 Å². The number of carbonyl (C=O) groups excluding carboxylic acids is 2. The Labute approximate surface area is 126 Å². The lowest BCUT2D eigenvalue weighted by molar-refractivity contribution is -0.140. The molecule has 0 saturated carbocycles. The number of nitrogens with two attached hydrogens (primary N) is 1. The zero-order chi connectivity index (χ0) is 15.8. The van der Waals surface area contributed by atoms with Crippen molar-refractivity contribution in [3.63, 3.8) is 0 Å². The molecule has 0 bridgehead atoms. The van der Waals surface area contributed by atoms with E-state index >= 15 is 0 Å². The number of carbonyl (C=O) groups is 2. The van der Waals surface area contributed by atoms with Crippen molar-refractivity contribution in [2.75, 3.05) is 20.2 Å². The highest BCUT2D eigenvalue weighted by Crippen LogP contribution is 2.10. The van der Waals surface area contributed by atoms with Crippen molar-refractivity contribution in [1.29, 1.82) is 0 Å². The van der Waals surface area contributed by atoms with E-state index in [1.165, 1.54) is 7.11 Å². The summed E-state index contributed by atoms with van der Waals surface area (Å²) in [6, 6.07) is 7.24. The Morgan fingerprint density at radius 1 is 1.24 bits per heavy atom. The van der Waals surface area contributed by atoms with E-state index in [1.807, 2.05) is 26.0 Å². The van der Waals surface area contributed by atoms with Gasteiger partial charge in [-0.1, -0.05) is 26.0 Å². The molecule has 0 saturated heterocycles. The summed E-state index contributed by atoms with van der Waals surface area (Å²) in [5.74, 6) is -0.0545. The standard InChI is InChI=1S/C16H24N2O3/c1-12(2)11-18(9-8-15(19)21-3)16(20)14-6-4-13(10-17)5-7-14/h4-7,12H,8-11,17H2,1-3H3. The second-order valence-electron chi connectivity index (χ2n) is 5.37. The van der Waals surface area contributed by atoms with Crippen molar-refractivity contribution in [2.45, 2.75) is 26.8 Å². The maximum absolute atomic E-state index is 12.5. The van der Waals surface area contributed by atoms with E-state index < -0.39 is 0 Å². The molecule has 1 amide bonds. The van der Waals surface area contributed by atoms with Gasteiger partial charge >= 0.3 is 5.97 Å². The smallest absolute Gasteiger partial charge is 0.307 e. The van der Waals surface area contributed by atoms with Crippen LogP contribution in [0.15, 0.2) is 24.3 Å². The zero-order valence-electron chi connectivity index (χ0n) is 13.0. The third-order valence-corrected chi connectivity index (χ3v) is 3.12. The van der Waals surface area contributed by atoms with Crippen LogP contribution in [-0.4, -0.2) is 37.0 Å². The van der Waals surface area contributed by atoms with E-state index in [9.17, 15) is 9.59 Å². The minimum absolute atomic E-state index is 0.0730. The van der Waals surface area contributed by atoms with E-state index in [4.69, 9.17) is 5.73 Å². The summed E-state index contributed by atoms with van der Waals surface area (Å²) in [7, 11) is 1.35. The molecule has 0 radical (unpaired) electrons. The molecule has 21 heavy (non-hydrogen) atoms. The van der Waals surface area contributed by atoms with Gasteiger partial charge in [-0.15, -0.1) is 0 Å². The first kappa shape index (κ1) is 17.2. The SMILES string of the molecule is COC(=O)CCN(CC(C)C)C(=O)c1ccc(CN)cc1. The number of rotatable bonds is 7. The summed E-state index contributed by atoms with van der Waals surface area (Å²) in [6.07, 6.45) is 0.204.